The van der Waals surface area contributed by atoms with Crippen LogP contribution < -0.4 is 5.32 Å². The van der Waals surface area contributed by atoms with Crippen molar-refractivity contribution in [3.8, 4) is 0 Å². The van der Waals surface area contributed by atoms with Crippen molar-refractivity contribution in [1.29, 1.82) is 0 Å². The minimum Gasteiger partial charge on any atom is -0.416 e. The number of aromatic nitrogens is 2. The third-order valence-corrected chi connectivity index (χ3v) is 4.45. The molecule has 3 aromatic rings. The van der Waals surface area contributed by atoms with Crippen LogP contribution in [0.15, 0.2) is 64.2 Å². The van der Waals surface area contributed by atoms with E-state index in [9.17, 15) is 4.79 Å². The molecule has 0 spiro atoms. The van der Waals surface area contributed by atoms with Gasteiger partial charge in [0.25, 0.3) is 5.22 Å². The lowest BCUT2D eigenvalue weighted by Gasteiger charge is -2.04. The summed E-state index contributed by atoms with van der Waals surface area (Å²) in [7, 11) is 0. The van der Waals surface area contributed by atoms with Gasteiger partial charge in [0, 0.05) is 11.6 Å². The number of carbonyl (C=O) groups excluding carboxylic acids is 1. The first-order valence-corrected chi connectivity index (χ1v) is 9.05. The molecule has 0 radical (unpaired) electrons. The van der Waals surface area contributed by atoms with E-state index >= 15 is 0 Å². The highest BCUT2D eigenvalue weighted by Crippen LogP contribution is 2.17. The lowest BCUT2D eigenvalue weighted by molar-refractivity contribution is -0.118. The first-order valence-electron chi connectivity index (χ1n) is 7.69. The normalized spacial score (nSPS) is 10.6. The molecule has 25 heavy (non-hydrogen) atoms. The first-order chi connectivity index (χ1) is 12.2. The Morgan fingerprint density at radius 1 is 1.04 bits per heavy atom. The zero-order chi connectivity index (χ0) is 17.5. The molecule has 1 N–H and O–H groups in total. The topological polar surface area (TPSA) is 68.0 Å². The van der Waals surface area contributed by atoms with Gasteiger partial charge < -0.3 is 9.73 Å². The summed E-state index contributed by atoms with van der Waals surface area (Å²) in [4.78, 5) is 11.9. The number of rotatable bonds is 7. The van der Waals surface area contributed by atoms with Crippen molar-refractivity contribution < 1.29 is 9.21 Å². The van der Waals surface area contributed by atoms with Crippen LogP contribution in [0.2, 0.25) is 5.02 Å². The van der Waals surface area contributed by atoms with E-state index in [0.29, 0.717) is 29.1 Å². The fourth-order valence-electron chi connectivity index (χ4n) is 2.12. The average molecular weight is 374 g/mol. The molecule has 1 amide bonds. The van der Waals surface area contributed by atoms with Gasteiger partial charge in [0.2, 0.25) is 11.8 Å². The molecule has 2 aromatic carbocycles. The minimum absolute atomic E-state index is 0.0947. The maximum absolute atomic E-state index is 11.9. The number of thioether (sulfide) groups is 1. The van der Waals surface area contributed by atoms with Gasteiger partial charge in [-0.1, -0.05) is 65.8 Å². The van der Waals surface area contributed by atoms with E-state index < -0.39 is 0 Å². The Morgan fingerprint density at radius 2 is 1.80 bits per heavy atom. The molecule has 0 aliphatic carbocycles. The molecule has 5 nitrogen and oxygen atoms in total. The third-order valence-electron chi connectivity index (χ3n) is 3.38. The molecule has 0 saturated carbocycles. The highest BCUT2D eigenvalue weighted by Gasteiger charge is 2.10. The van der Waals surface area contributed by atoms with Crippen molar-refractivity contribution in [1.82, 2.24) is 15.5 Å². The molecule has 128 valence electrons. The van der Waals surface area contributed by atoms with E-state index in [2.05, 4.69) is 15.5 Å². The summed E-state index contributed by atoms with van der Waals surface area (Å²) >= 11 is 7.06. The second-order valence-corrected chi connectivity index (χ2v) is 6.68. The predicted molar refractivity (Wildman–Crippen MR) is 97.6 cm³/mol. The Balaban J connectivity index is 1.43. The van der Waals surface area contributed by atoms with Crippen molar-refractivity contribution in [2.24, 2.45) is 0 Å². The van der Waals surface area contributed by atoms with Gasteiger partial charge in [-0.2, -0.15) is 0 Å². The summed E-state index contributed by atoms with van der Waals surface area (Å²) in [5, 5.41) is 11.9. The molecule has 0 unspecified atom stereocenters. The number of amides is 1. The molecule has 0 aliphatic heterocycles. The van der Waals surface area contributed by atoms with Crippen molar-refractivity contribution in [3.63, 3.8) is 0 Å². The van der Waals surface area contributed by atoms with Crippen molar-refractivity contribution in [2.45, 2.75) is 18.2 Å². The molecule has 1 heterocycles. The number of halogens is 1. The second kappa shape index (κ2) is 8.69. The lowest BCUT2D eigenvalue weighted by atomic mass is 10.2. The smallest absolute Gasteiger partial charge is 0.277 e. The molecule has 0 atom stereocenters. The summed E-state index contributed by atoms with van der Waals surface area (Å²) in [6.07, 6.45) is 0.581. The Hall–Kier alpha value is -2.31. The van der Waals surface area contributed by atoms with Crippen LogP contribution in [0, 0.1) is 0 Å². The van der Waals surface area contributed by atoms with E-state index in [1.54, 1.807) is 12.1 Å². The van der Waals surface area contributed by atoms with Crippen LogP contribution in [0.4, 0.5) is 0 Å². The summed E-state index contributed by atoms with van der Waals surface area (Å²) in [6, 6.07) is 17.2. The number of nitrogens with one attached hydrogen (secondary N) is 1. The van der Waals surface area contributed by atoms with E-state index in [1.807, 2.05) is 42.5 Å². The summed E-state index contributed by atoms with van der Waals surface area (Å²) in [5.41, 5.74) is 2.09. The van der Waals surface area contributed by atoms with Crippen LogP contribution in [0.1, 0.15) is 17.0 Å². The molecule has 3 rings (SSSR count). The Bertz CT molecular complexity index is 822. The molecule has 0 aliphatic rings. The molecule has 7 heteroatoms. The van der Waals surface area contributed by atoms with Crippen molar-refractivity contribution in [3.05, 3.63) is 76.6 Å². The average Bonchev–Trinajstić information content (AvgIpc) is 3.08. The fourth-order valence-corrected chi connectivity index (χ4v) is 2.86. The fraction of sp³-hybridized carbons (Fsp3) is 0.167. The van der Waals surface area contributed by atoms with Gasteiger partial charge in [-0.3, -0.25) is 4.79 Å². The highest BCUT2D eigenvalue weighted by molar-refractivity contribution is 7.99. The van der Waals surface area contributed by atoms with Crippen molar-refractivity contribution in [2.75, 3.05) is 5.75 Å². The quantitative estimate of drug-likeness (QED) is 0.639. The maximum atomic E-state index is 11.9. The van der Waals surface area contributed by atoms with Crippen LogP contribution in [-0.4, -0.2) is 21.9 Å². The second-order valence-electron chi connectivity index (χ2n) is 5.32. The van der Waals surface area contributed by atoms with E-state index in [4.69, 9.17) is 16.0 Å². The zero-order valence-corrected chi connectivity index (χ0v) is 14.9. The summed E-state index contributed by atoms with van der Waals surface area (Å²) in [5.74, 6) is 0.665. The maximum Gasteiger partial charge on any atom is 0.277 e. The van der Waals surface area contributed by atoms with E-state index in [-0.39, 0.29) is 11.7 Å². The Kier molecular flexibility index (Phi) is 6.09. The van der Waals surface area contributed by atoms with Gasteiger partial charge in [-0.05, 0) is 23.3 Å². The largest absolute Gasteiger partial charge is 0.416 e. The summed E-state index contributed by atoms with van der Waals surface area (Å²) in [6.45, 7) is 0.458. The Morgan fingerprint density at radius 3 is 2.56 bits per heavy atom. The van der Waals surface area contributed by atoms with Gasteiger partial charge in [-0.15, -0.1) is 10.2 Å². The molecule has 0 fully saturated rings. The first kappa shape index (κ1) is 17.5. The zero-order valence-electron chi connectivity index (χ0n) is 13.3. The number of carbonyl (C=O) groups is 1. The van der Waals surface area contributed by atoms with Gasteiger partial charge in [-0.25, -0.2) is 0 Å². The lowest BCUT2D eigenvalue weighted by Crippen LogP contribution is -2.24. The monoisotopic (exact) mass is 373 g/mol. The van der Waals surface area contributed by atoms with Crippen LogP contribution in [0.25, 0.3) is 0 Å². The predicted octanol–water partition coefficient (Wildman–Crippen LogP) is 3.72. The van der Waals surface area contributed by atoms with E-state index in [1.165, 1.54) is 11.8 Å². The number of hydrogen-bond donors (Lipinski definition) is 1. The van der Waals surface area contributed by atoms with E-state index in [0.717, 1.165) is 11.1 Å². The van der Waals surface area contributed by atoms with Gasteiger partial charge in [0.05, 0.1) is 12.2 Å². The molecular formula is C18H16ClN3O2S. The Labute approximate surface area is 154 Å². The molecule has 0 saturated heterocycles. The third kappa shape index (κ3) is 5.62. The summed E-state index contributed by atoms with van der Waals surface area (Å²) < 4.78 is 5.56. The molecular weight excluding hydrogens is 358 g/mol. The number of hydrogen-bond acceptors (Lipinski definition) is 5. The minimum atomic E-state index is -0.0947. The van der Waals surface area contributed by atoms with Crippen LogP contribution >= 0.6 is 23.4 Å². The van der Waals surface area contributed by atoms with Crippen LogP contribution in [0.3, 0.4) is 0 Å². The van der Waals surface area contributed by atoms with Crippen LogP contribution in [0.5, 0.6) is 0 Å². The van der Waals surface area contributed by atoms with Gasteiger partial charge >= 0.3 is 0 Å². The van der Waals surface area contributed by atoms with Crippen LogP contribution in [-0.2, 0) is 17.8 Å². The standard InChI is InChI=1S/C18H16ClN3O2S/c19-15-8-6-14(7-9-15)11-20-16(23)12-25-18-22-21-17(24-18)10-13-4-2-1-3-5-13/h1-9H,10-12H2,(H,20,23). The molecule has 1 aromatic heterocycles. The van der Waals surface area contributed by atoms with Gasteiger partial charge in [0.15, 0.2) is 0 Å². The molecule has 0 bridgehead atoms. The van der Waals surface area contributed by atoms with Crippen molar-refractivity contribution >= 4 is 29.3 Å². The number of nitrogens with zero attached hydrogens (tertiary/aromatic N) is 2. The number of benzene rings is 2. The highest BCUT2D eigenvalue weighted by atomic mass is 35.5. The SMILES string of the molecule is O=C(CSc1nnc(Cc2ccccc2)o1)NCc1ccc(Cl)cc1. The van der Waals surface area contributed by atoms with Gasteiger partial charge in [0.1, 0.15) is 0 Å².